The van der Waals surface area contributed by atoms with E-state index in [1.165, 1.54) is 55.9 Å². The van der Waals surface area contributed by atoms with E-state index in [0.717, 1.165) is 72.0 Å². The summed E-state index contributed by atoms with van der Waals surface area (Å²) < 4.78 is 31.1. The summed E-state index contributed by atoms with van der Waals surface area (Å²) in [7, 11) is 1.37. The average molecular weight is 973 g/mol. The Kier molecular flexibility index (Phi) is 16.9. The van der Waals surface area contributed by atoms with E-state index in [-0.39, 0.29) is 28.9 Å². The summed E-state index contributed by atoms with van der Waals surface area (Å²) in [5, 5.41) is 22.1. The number of nitrogens with two attached hydrogens (primary N) is 1. The smallest absolute Gasteiger partial charge is 0.316 e. The number of fused-ring (bicyclic) bond motifs is 4. The lowest BCUT2D eigenvalue weighted by atomic mass is 10.2. The lowest BCUT2D eigenvalue weighted by molar-refractivity contribution is -0.137. The van der Waals surface area contributed by atoms with Gasteiger partial charge in [0.2, 0.25) is 28.7 Å². The van der Waals surface area contributed by atoms with Gasteiger partial charge in [-0.05, 0) is 69.2 Å². The highest BCUT2D eigenvalue weighted by Gasteiger charge is 2.17. The Hall–Kier alpha value is -7.22. The van der Waals surface area contributed by atoms with E-state index in [0.29, 0.717) is 49.7 Å². The van der Waals surface area contributed by atoms with E-state index in [9.17, 15) is 14.4 Å². The highest BCUT2D eigenvalue weighted by molar-refractivity contribution is 8.00. The van der Waals surface area contributed by atoms with Gasteiger partial charge in [-0.3, -0.25) is 14.4 Å². The third kappa shape index (κ3) is 11.8. The van der Waals surface area contributed by atoms with Crippen LogP contribution in [0, 0.1) is 80.6 Å². The van der Waals surface area contributed by atoms with E-state index in [1.807, 2.05) is 68.4 Å². The summed E-state index contributed by atoms with van der Waals surface area (Å²) in [4.78, 5) is 63.4. The number of methoxy groups -OCH3 is 1. The van der Waals surface area contributed by atoms with Crippen LogP contribution in [0.1, 0.15) is 62.2 Å². The Balaban J connectivity index is 0.000000159. The van der Waals surface area contributed by atoms with Gasteiger partial charge in [0.1, 0.15) is 80.0 Å². The predicted molar refractivity (Wildman–Crippen MR) is 251 cm³/mol. The SMILES string of the molecule is COC(=O)CSc1ncnc2oc(C)c(C)c12.Cc1oc(N)c(C#N)c1C.Cc1oc2nc[nH]c(=O)c2c1C.Cc1oc2ncnc(Cl)c2c1C.Cc1oc2ncnc(SCC(=O)O)c2c1C. The number of hydrogen-bond donors (Lipinski definition) is 3. The zero-order valence-corrected chi connectivity index (χ0v) is 40.6. The summed E-state index contributed by atoms with van der Waals surface area (Å²) >= 11 is 8.36. The van der Waals surface area contributed by atoms with E-state index < -0.39 is 5.97 Å². The first kappa shape index (κ1) is 50.8. The number of nitriles is 1. The first-order chi connectivity index (χ1) is 31.8. The molecule has 0 bridgehead atoms. The second kappa shape index (κ2) is 22.3. The number of anilines is 1. The van der Waals surface area contributed by atoms with Gasteiger partial charge in [0.05, 0.1) is 41.1 Å². The fourth-order valence-corrected chi connectivity index (χ4v) is 7.87. The number of furan rings is 5. The van der Waals surface area contributed by atoms with Crippen molar-refractivity contribution in [3.8, 4) is 6.07 Å². The number of aliphatic carboxylic acids is 1. The number of rotatable bonds is 6. The minimum Gasteiger partial charge on any atom is -0.481 e. The molecule has 9 rings (SSSR count). The average Bonchev–Trinajstić information content (AvgIpc) is 4.03. The molecule has 0 saturated heterocycles. The molecule has 0 saturated carbocycles. The number of carbonyl (C=O) groups is 2. The molecule has 9 aromatic heterocycles. The van der Waals surface area contributed by atoms with Crippen molar-refractivity contribution < 1.29 is 41.5 Å². The third-order valence-corrected chi connectivity index (χ3v) is 12.4. The molecular weight excluding hydrogens is 928 g/mol. The largest absolute Gasteiger partial charge is 0.481 e. The summed E-state index contributed by atoms with van der Waals surface area (Å²) in [5.41, 5.74) is 12.4. The Labute approximate surface area is 395 Å². The van der Waals surface area contributed by atoms with E-state index in [1.54, 1.807) is 6.92 Å². The first-order valence-electron chi connectivity index (χ1n) is 19.8. The monoisotopic (exact) mass is 972 g/mol. The van der Waals surface area contributed by atoms with E-state index in [2.05, 4.69) is 44.6 Å². The quantitative estimate of drug-likeness (QED) is 0.0794. The van der Waals surface area contributed by atoms with Gasteiger partial charge in [-0.15, -0.1) is 0 Å². The first-order valence-corrected chi connectivity index (χ1v) is 22.1. The molecule has 0 amide bonds. The van der Waals surface area contributed by atoms with Crippen molar-refractivity contribution in [2.75, 3.05) is 24.3 Å². The fourth-order valence-electron chi connectivity index (χ4n) is 5.96. The fraction of sp³-hybridized carbons (Fsp3) is 0.295. The normalized spacial score (nSPS) is 10.6. The van der Waals surface area contributed by atoms with Gasteiger partial charge in [0.25, 0.3) is 5.56 Å². The number of ether oxygens (including phenoxy) is 1. The number of H-pyrrole nitrogens is 1. The number of nitrogen functional groups attached to an aromatic ring is 1. The van der Waals surface area contributed by atoms with Crippen LogP contribution in [-0.2, 0) is 14.3 Å². The molecule has 0 aliphatic heterocycles. The molecule has 9 heterocycles. The van der Waals surface area contributed by atoms with Crippen LogP contribution in [0.2, 0.25) is 5.15 Å². The molecule has 0 radical (unpaired) electrons. The molecule has 20 nitrogen and oxygen atoms in total. The molecule has 0 spiro atoms. The summed E-state index contributed by atoms with van der Waals surface area (Å²) in [6, 6.07) is 1.97. The van der Waals surface area contributed by atoms with Gasteiger partial charge < -0.3 is 42.6 Å². The molecule has 23 heteroatoms. The van der Waals surface area contributed by atoms with Gasteiger partial charge in [-0.25, -0.2) is 34.9 Å². The number of carboxylic acid groups (broad SMARTS) is 1. The molecule has 9 aromatic rings. The Bertz CT molecular complexity index is 3340. The van der Waals surface area contributed by atoms with Crippen LogP contribution in [0.4, 0.5) is 5.88 Å². The van der Waals surface area contributed by atoms with Crippen molar-refractivity contribution in [2.45, 2.75) is 79.3 Å². The van der Waals surface area contributed by atoms with Crippen molar-refractivity contribution in [1.82, 2.24) is 39.9 Å². The number of aromatic nitrogens is 8. The lowest BCUT2D eigenvalue weighted by Crippen LogP contribution is -2.05. The van der Waals surface area contributed by atoms with Crippen LogP contribution in [0.3, 0.4) is 0 Å². The number of carboxylic acids is 1. The number of nitrogens with one attached hydrogen (secondary N) is 1. The van der Waals surface area contributed by atoms with Gasteiger partial charge in [-0.2, -0.15) is 5.26 Å². The molecule has 350 valence electrons. The van der Waals surface area contributed by atoms with Crippen LogP contribution >= 0.6 is 35.1 Å². The lowest BCUT2D eigenvalue weighted by Gasteiger charge is -2.00. The summed E-state index contributed by atoms with van der Waals surface area (Å²) in [5.74, 6) is 3.19. The third-order valence-electron chi connectivity index (χ3n) is 10.2. The number of nitrogens with zero attached hydrogens (tertiary/aromatic N) is 8. The highest BCUT2D eigenvalue weighted by Crippen LogP contribution is 2.32. The van der Waals surface area contributed by atoms with Crippen molar-refractivity contribution in [1.29, 1.82) is 5.26 Å². The Morgan fingerprint density at radius 3 is 1.48 bits per heavy atom. The van der Waals surface area contributed by atoms with Crippen molar-refractivity contribution in [3.05, 3.63) is 103 Å². The molecule has 0 aliphatic carbocycles. The van der Waals surface area contributed by atoms with Crippen molar-refractivity contribution in [2.24, 2.45) is 0 Å². The van der Waals surface area contributed by atoms with E-state index >= 15 is 0 Å². The predicted octanol–water partition coefficient (Wildman–Crippen LogP) is 9.10. The molecule has 0 aromatic carbocycles. The molecular formula is C44H45ClN10O10S2. The number of halogens is 1. The number of aromatic amines is 1. The minimum atomic E-state index is -0.866. The van der Waals surface area contributed by atoms with E-state index in [4.69, 9.17) is 49.8 Å². The maximum absolute atomic E-state index is 11.3. The Morgan fingerprint density at radius 1 is 0.657 bits per heavy atom. The molecule has 67 heavy (non-hydrogen) atoms. The van der Waals surface area contributed by atoms with Gasteiger partial charge in [-0.1, -0.05) is 35.1 Å². The standard InChI is InChI=1S/C11H12N2O3S.C10H10N2O3S.C8H7ClN2O.C8H8N2O2.C7H8N2O/c1-6-7(2)16-10-9(6)11(13-5-12-10)17-4-8(14)15-3;1-5-6(2)15-9-8(5)10(12-4-11-9)16-3-7(13)14;1-4-5(2)12-8-6(4)7(9)10-3-11-8;1-4-5(2)12-8-6(4)7(11)9-3-10-8;1-4-5(2)10-7(9)6(4)3-8/h5H,4H2,1-3H3;4H,3H2,1-2H3,(H,13,14);3H,1-2H3;3H,1-2H3,(H,9,10,11);9H2,1-2H3. The zero-order valence-electron chi connectivity index (χ0n) is 38.2. The van der Waals surface area contributed by atoms with Crippen LogP contribution in [0.15, 0.2) is 62.2 Å². The van der Waals surface area contributed by atoms with Crippen molar-refractivity contribution in [3.63, 3.8) is 0 Å². The number of carbonyl (C=O) groups excluding carboxylic acids is 1. The second-order valence-electron chi connectivity index (χ2n) is 14.3. The number of aryl methyl sites for hydroxylation is 9. The topological polar surface area (TPSA) is 302 Å². The zero-order chi connectivity index (χ0) is 49.3. The highest BCUT2D eigenvalue weighted by atomic mass is 35.5. The minimum absolute atomic E-state index is 0.0181. The van der Waals surface area contributed by atoms with Gasteiger partial charge in [0.15, 0.2) is 0 Å². The molecule has 0 unspecified atom stereocenters. The molecule has 0 fully saturated rings. The van der Waals surface area contributed by atoms with Gasteiger partial charge in [0, 0.05) is 27.8 Å². The molecule has 0 atom stereocenters. The molecule has 0 aliphatic rings. The second-order valence-corrected chi connectivity index (χ2v) is 16.6. The number of thioether (sulfide) groups is 2. The Morgan fingerprint density at radius 2 is 1.07 bits per heavy atom. The summed E-state index contributed by atoms with van der Waals surface area (Å²) in [6.07, 6.45) is 5.55. The van der Waals surface area contributed by atoms with Gasteiger partial charge >= 0.3 is 11.9 Å². The summed E-state index contributed by atoms with van der Waals surface area (Å²) in [6.45, 7) is 18.7. The van der Waals surface area contributed by atoms with Crippen LogP contribution in [0.25, 0.3) is 44.4 Å². The maximum Gasteiger partial charge on any atom is 0.316 e. The van der Waals surface area contributed by atoms with Crippen LogP contribution < -0.4 is 11.3 Å². The van der Waals surface area contributed by atoms with Crippen LogP contribution in [0.5, 0.6) is 0 Å². The van der Waals surface area contributed by atoms with Crippen LogP contribution in [-0.4, -0.2) is 75.5 Å². The number of esters is 1. The van der Waals surface area contributed by atoms with Crippen molar-refractivity contribution >= 4 is 97.3 Å². The molecule has 4 N–H and O–H groups in total. The maximum atomic E-state index is 11.3. The number of hydrogen-bond acceptors (Lipinski definition) is 20.